The van der Waals surface area contributed by atoms with Crippen LogP contribution in [0.2, 0.25) is 0 Å². The van der Waals surface area contributed by atoms with Crippen LogP contribution >= 0.6 is 0 Å². The molecular formula is C27H25N3O. The Bertz CT molecular complexity index is 1180. The molecule has 4 aromatic rings. The summed E-state index contributed by atoms with van der Waals surface area (Å²) in [7, 11) is 2.14. The van der Waals surface area contributed by atoms with Crippen LogP contribution in [0.15, 0.2) is 108 Å². The Labute approximate surface area is 183 Å². The number of nitrogens with zero attached hydrogens (tertiary/aromatic N) is 3. The van der Waals surface area contributed by atoms with Crippen LogP contribution in [0.1, 0.15) is 28.4 Å². The highest BCUT2D eigenvalue weighted by atomic mass is 16.6. The molecule has 0 amide bonds. The molecule has 31 heavy (non-hydrogen) atoms. The van der Waals surface area contributed by atoms with E-state index in [0.29, 0.717) is 6.61 Å². The zero-order valence-corrected chi connectivity index (χ0v) is 17.6. The summed E-state index contributed by atoms with van der Waals surface area (Å²) in [5.74, 6) is 0. The summed E-state index contributed by atoms with van der Waals surface area (Å²) in [6.07, 6.45) is 2.07. The number of oxime groups is 1. The molecule has 1 aliphatic rings. The number of para-hydroxylation sites is 1. The molecule has 5 rings (SSSR count). The van der Waals surface area contributed by atoms with Crippen LogP contribution in [0, 0.1) is 0 Å². The minimum atomic E-state index is 0.0918. The van der Waals surface area contributed by atoms with Gasteiger partial charge >= 0.3 is 0 Å². The molecule has 0 fully saturated rings. The van der Waals surface area contributed by atoms with E-state index in [0.717, 1.165) is 29.2 Å². The van der Waals surface area contributed by atoms with Crippen molar-refractivity contribution < 1.29 is 4.84 Å². The van der Waals surface area contributed by atoms with Crippen molar-refractivity contribution in [3.8, 4) is 5.69 Å². The maximum absolute atomic E-state index is 6.01. The van der Waals surface area contributed by atoms with Gasteiger partial charge in [-0.1, -0.05) is 84.0 Å². The Morgan fingerprint density at radius 2 is 1.55 bits per heavy atom. The van der Waals surface area contributed by atoms with E-state index in [9.17, 15) is 0 Å². The van der Waals surface area contributed by atoms with Gasteiger partial charge in [0.1, 0.15) is 12.3 Å². The summed E-state index contributed by atoms with van der Waals surface area (Å²) in [6, 6.07) is 33.5. The Balaban J connectivity index is 1.38. The first-order valence-corrected chi connectivity index (χ1v) is 10.6. The number of hydrogen-bond donors (Lipinski definition) is 0. The van der Waals surface area contributed by atoms with Gasteiger partial charge in [-0.3, -0.25) is 4.90 Å². The number of benzene rings is 3. The molecule has 1 atom stereocenters. The van der Waals surface area contributed by atoms with Crippen LogP contribution in [0.5, 0.6) is 0 Å². The molecular weight excluding hydrogens is 382 g/mol. The minimum absolute atomic E-state index is 0.0918. The number of likely N-dealkylation sites (N-methyl/N-ethyl adjacent to an activating group) is 1. The van der Waals surface area contributed by atoms with Crippen molar-refractivity contribution in [3.63, 3.8) is 0 Å². The second kappa shape index (κ2) is 8.62. The molecule has 0 saturated heterocycles. The molecule has 4 heteroatoms. The zero-order chi connectivity index (χ0) is 21.0. The lowest BCUT2D eigenvalue weighted by atomic mass is 10.1. The fourth-order valence-corrected chi connectivity index (χ4v) is 4.21. The average molecular weight is 408 g/mol. The maximum Gasteiger partial charge on any atom is 0.136 e. The highest BCUT2D eigenvalue weighted by molar-refractivity contribution is 6.17. The predicted molar refractivity (Wildman–Crippen MR) is 124 cm³/mol. The van der Waals surface area contributed by atoms with Crippen LogP contribution in [0.25, 0.3) is 5.69 Å². The van der Waals surface area contributed by atoms with Crippen molar-refractivity contribution >= 4 is 5.71 Å². The van der Waals surface area contributed by atoms with E-state index in [1.807, 2.05) is 24.3 Å². The number of rotatable bonds is 7. The monoisotopic (exact) mass is 407 g/mol. The highest BCUT2D eigenvalue weighted by Crippen LogP contribution is 2.29. The molecule has 0 aliphatic carbocycles. The molecule has 0 saturated carbocycles. The lowest BCUT2D eigenvalue weighted by Crippen LogP contribution is -2.27. The van der Waals surface area contributed by atoms with Gasteiger partial charge in [0.2, 0.25) is 0 Å². The second-order valence-electron chi connectivity index (χ2n) is 7.84. The summed E-state index contributed by atoms with van der Waals surface area (Å²) < 4.78 is 2.16. The van der Waals surface area contributed by atoms with E-state index >= 15 is 0 Å². The van der Waals surface area contributed by atoms with Crippen molar-refractivity contribution in [1.82, 2.24) is 9.47 Å². The quantitative estimate of drug-likeness (QED) is 0.337. The Hall–Kier alpha value is -3.63. The summed E-state index contributed by atoms with van der Waals surface area (Å²) in [4.78, 5) is 8.32. The smallest absolute Gasteiger partial charge is 0.136 e. The van der Waals surface area contributed by atoms with Crippen molar-refractivity contribution in [2.45, 2.75) is 12.6 Å². The zero-order valence-electron chi connectivity index (χ0n) is 17.6. The summed E-state index contributed by atoms with van der Waals surface area (Å²) in [5.41, 5.74) is 6.70. The summed E-state index contributed by atoms with van der Waals surface area (Å²) in [5, 5.41) is 4.60. The third-order valence-electron chi connectivity index (χ3n) is 5.79. The number of hydrogen-bond acceptors (Lipinski definition) is 3. The molecule has 1 unspecified atom stereocenters. The Morgan fingerprint density at radius 1 is 0.839 bits per heavy atom. The lowest BCUT2D eigenvalue weighted by molar-refractivity contribution is 0.0716. The highest BCUT2D eigenvalue weighted by Gasteiger charge is 2.25. The number of fused-ring (bicyclic) bond motifs is 3. The number of aromatic nitrogens is 1. The van der Waals surface area contributed by atoms with E-state index < -0.39 is 0 Å². The van der Waals surface area contributed by atoms with Gasteiger partial charge in [-0.05, 0) is 36.4 Å². The summed E-state index contributed by atoms with van der Waals surface area (Å²) >= 11 is 0. The molecule has 3 aromatic carbocycles. The van der Waals surface area contributed by atoms with E-state index in [4.69, 9.17) is 4.84 Å². The van der Waals surface area contributed by atoms with Crippen LogP contribution < -0.4 is 0 Å². The van der Waals surface area contributed by atoms with Gasteiger partial charge in [-0.15, -0.1) is 0 Å². The first-order valence-electron chi connectivity index (χ1n) is 10.6. The second-order valence-corrected chi connectivity index (χ2v) is 7.84. The van der Waals surface area contributed by atoms with Gasteiger partial charge < -0.3 is 9.40 Å². The molecule has 0 spiro atoms. The van der Waals surface area contributed by atoms with E-state index in [1.54, 1.807) is 0 Å². The van der Waals surface area contributed by atoms with Crippen molar-refractivity contribution in [1.29, 1.82) is 0 Å². The van der Waals surface area contributed by atoms with Crippen molar-refractivity contribution in [2.75, 3.05) is 13.7 Å². The van der Waals surface area contributed by atoms with E-state index in [1.165, 1.54) is 11.1 Å². The van der Waals surface area contributed by atoms with Gasteiger partial charge in [-0.2, -0.15) is 0 Å². The van der Waals surface area contributed by atoms with Crippen LogP contribution in [-0.2, 0) is 11.4 Å². The third kappa shape index (κ3) is 3.90. The van der Waals surface area contributed by atoms with Gasteiger partial charge in [-0.25, -0.2) is 0 Å². The molecule has 1 aliphatic heterocycles. The van der Waals surface area contributed by atoms with Gasteiger partial charge in [0, 0.05) is 18.3 Å². The minimum Gasteiger partial charge on any atom is -0.393 e. The summed E-state index contributed by atoms with van der Waals surface area (Å²) in [6.45, 7) is 1.31. The normalized spacial score (nSPS) is 14.5. The van der Waals surface area contributed by atoms with Crippen molar-refractivity contribution in [2.24, 2.45) is 5.16 Å². The average Bonchev–Trinajstić information content (AvgIpc) is 3.40. The van der Waals surface area contributed by atoms with E-state index in [-0.39, 0.29) is 6.04 Å². The van der Waals surface area contributed by atoms with E-state index in [2.05, 4.69) is 101 Å². The maximum atomic E-state index is 6.01. The van der Waals surface area contributed by atoms with Crippen molar-refractivity contribution in [3.05, 3.63) is 126 Å². The Kier molecular flexibility index (Phi) is 5.38. The van der Waals surface area contributed by atoms with Gasteiger partial charge in [0.25, 0.3) is 0 Å². The molecule has 154 valence electrons. The van der Waals surface area contributed by atoms with Crippen LogP contribution in [0.4, 0.5) is 0 Å². The largest absolute Gasteiger partial charge is 0.393 e. The molecule has 1 aromatic heterocycles. The van der Waals surface area contributed by atoms with Crippen LogP contribution in [-0.4, -0.2) is 28.8 Å². The predicted octanol–water partition coefficient (Wildman–Crippen LogP) is 5.43. The molecule has 0 N–H and O–H groups in total. The SMILES string of the molecule is CN(Cc1ccccc1)C(CON=C1c2ccccc2-n2cccc21)c1ccccc1. The topological polar surface area (TPSA) is 29.8 Å². The van der Waals surface area contributed by atoms with Gasteiger partial charge in [0.15, 0.2) is 0 Å². The van der Waals surface area contributed by atoms with Crippen LogP contribution in [0.3, 0.4) is 0 Å². The van der Waals surface area contributed by atoms with Gasteiger partial charge in [0.05, 0.1) is 17.4 Å². The fourth-order valence-electron chi connectivity index (χ4n) is 4.21. The lowest BCUT2D eigenvalue weighted by Gasteiger charge is -2.27. The first kappa shape index (κ1) is 19.3. The molecule has 4 nitrogen and oxygen atoms in total. The standard InChI is InChI=1S/C27H25N3O/c1-29(19-21-11-4-2-5-12-21)26(22-13-6-3-7-14-22)20-31-28-27-23-15-8-9-16-24(23)30-18-10-17-25(27)30/h2-18,26H,19-20H2,1H3. The molecule has 0 bridgehead atoms. The fraction of sp³-hybridized carbons (Fsp3) is 0.148. The first-order chi connectivity index (χ1) is 15.3. The molecule has 0 radical (unpaired) electrons. The molecule has 2 heterocycles. The third-order valence-corrected chi connectivity index (χ3v) is 5.79. The Morgan fingerprint density at radius 3 is 2.35 bits per heavy atom.